The van der Waals surface area contributed by atoms with Crippen molar-refractivity contribution in [2.75, 3.05) is 13.1 Å². The molecule has 2 N–H and O–H groups in total. The number of benzene rings is 1. The lowest BCUT2D eigenvalue weighted by atomic mass is 10.0. The lowest BCUT2D eigenvalue weighted by molar-refractivity contribution is 0.0880. The fraction of sp³-hybridized carbons (Fsp3) is 0.500. The maximum atomic E-state index is 12.9. The Bertz CT molecular complexity index is 349. The summed E-state index contributed by atoms with van der Waals surface area (Å²) in [4.78, 5) is 2.35. The van der Waals surface area contributed by atoms with Crippen LogP contribution in [0.5, 0.6) is 0 Å². The molecule has 0 saturated carbocycles. The van der Waals surface area contributed by atoms with E-state index in [9.17, 15) is 4.39 Å². The van der Waals surface area contributed by atoms with E-state index in [1.54, 1.807) is 6.07 Å². The summed E-state index contributed by atoms with van der Waals surface area (Å²) in [6, 6.07) is 5.51. The Morgan fingerprint density at radius 1 is 1.53 bits per heavy atom. The number of hydrogen-bond acceptors (Lipinski definition) is 2. The van der Waals surface area contributed by atoms with Crippen molar-refractivity contribution in [3.63, 3.8) is 0 Å². The van der Waals surface area contributed by atoms with E-state index in [-0.39, 0.29) is 5.82 Å². The summed E-state index contributed by atoms with van der Waals surface area (Å²) in [5.74, 6) is -0.157. The van der Waals surface area contributed by atoms with Crippen molar-refractivity contribution < 1.29 is 4.39 Å². The Morgan fingerprint density at radius 3 is 2.87 bits per heavy atom. The molecule has 2 rings (SSSR count). The van der Waals surface area contributed by atoms with E-state index in [1.807, 2.05) is 13.0 Å². The van der Waals surface area contributed by atoms with Gasteiger partial charge in [-0.2, -0.15) is 0 Å². The molecule has 1 heterocycles. The van der Waals surface area contributed by atoms with Crippen molar-refractivity contribution in [2.45, 2.75) is 25.9 Å². The summed E-state index contributed by atoms with van der Waals surface area (Å²) >= 11 is 0. The molecule has 1 aliphatic rings. The molecule has 3 heteroatoms. The molecule has 1 atom stereocenters. The van der Waals surface area contributed by atoms with Crippen molar-refractivity contribution in [3.8, 4) is 0 Å². The first kappa shape index (κ1) is 10.6. The average Bonchev–Trinajstić information content (AvgIpc) is 2.15. The van der Waals surface area contributed by atoms with Crippen molar-refractivity contribution >= 4 is 0 Å². The van der Waals surface area contributed by atoms with Gasteiger partial charge in [-0.05, 0) is 36.6 Å². The molecule has 1 aromatic carbocycles. The van der Waals surface area contributed by atoms with E-state index in [0.29, 0.717) is 6.04 Å². The molecule has 0 spiro atoms. The highest BCUT2D eigenvalue weighted by Gasteiger charge is 2.26. The molecule has 0 radical (unpaired) electrons. The van der Waals surface area contributed by atoms with Crippen LogP contribution in [-0.2, 0) is 6.54 Å². The first-order chi connectivity index (χ1) is 7.20. The minimum atomic E-state index is -0.157. The maximum Gasteiger partial charge on any atom is 0.123 e. The molecule has 0 amide bonds. The zero-order valence-corrected chi connectivity index (χ0v) is 9.04. The van der Waals surface area contributed by atoms with Gasteiger partial charge in [0.15, 0.2) is 0 Å². The lowest BCUT2D eigenvalue weighted by Gasteiger charge is -2.40. The monoisotopic (exact) mass is 208 g/mol. The molecule has 2 nitrogen and oxygen atoms in total. The van der Waals surface area contributed by atoms with Crippen molar-refractivity contribution in [1.82, 2.24) is 4.90 Å². The van der Waals surface area contributed by atoms with Crippen LogP contribution in [0.15, 0.2) is 18.2 Å². The number of halogens is 1. The topological polar surface area (TPSA) is 29.3 Å². The van der Waals surface area contributed by atoms with E-state index in [1.165, 1.54) is 18.1 Å². The van der Waals surface area contributed by atoms with Crippen LogP contribution >= 0.6 is 0 Å². The van der Waals surface area contributed by atoms with Gasteiger partial charge in [0.05, 0.1) is 0 Å². The molecule has 1 saturated heterocycles. The standard InChI is InChI=1S/C12H17FN2/c1-9-6-11(13)3-2-10(9)8-15-5-4-12(15)7-14/h2-3,6,12H,4-5,7-8,14H2,1H3. The predicted molar refractivity (Wildman–Crippen MR) is 59.0 cm³/mol. The second-order valence-electron chi connectivity index (χ2n) is 4.22. The fourth-order valence-electron chi connectivity index (χ4n) is 2.02. The number of rotatable bonds is 3. The highest BCUT2D eigenvalue weighted by Crippen LogP contribution is 2.21. The quantitative estimate of drug-likeness (QED) is 0.818. The van der Waals surface area contributed by atoms with Crippen molar-refractivity contribution in [2.24, 2.45) is 5.73 Å². The van der Waals surface area contributed by atoms with Crippen LogP contribution < -0.4 is 5.73 Å². The van der Waals surface area contributed by atoms with Gasteiger partial charge in [0, 0.05) is 25.7 Å². The maximum absolute atomic E-state index is 12.9. The molecule has 82 valence electrons. The van der Waals surface area contributed by atoms with E-state index >= 15 is 0 Å². The summed E-state index contributed by atoms with van der Waals surface area (Å²) in [5.41, 5.74) is 7.87. The van der Waals surface area contributed by atoms with Crippen LogP contribution in [0.1, 0.15) is 17.5 Å². The smallest absolute Gasteiger partial charge is 0.123 e. The molecule has 0 aliphatic carbocycles. The zero-order valence-electron chi connectivity index (χ0n) is 9.04. The summed E-state index contributed by atoms with van der Waals surface area (Å²) in [5, 5.41) is 0. The number of nitrogens with zero attached hydrogens (tertiary/aromatic N) is 1. The molecule has 0 bridgehead atoms. The van der Waals surface area contributed by atoms with E-state index in [2.05, 4.69) is 4.90 Å². The minimum absolute atomic E-state index is 0.157. The highest BCUT2D eigenvalue weighted by molar-refractivity contribution is 5.26. The Hall–Kier alpha value is -0.930. The van der Waals surface area contributed by atoms with Crippen molar-refractivity contribution in [1.29, 1.82) is 0 Å². The summed E-state index contributed by atoms with van der Waals surface area (Å²) < 4.78 is 12.9. The number of aryl methyl sites for hydroxylation is 1. The van der Waals surface area contributed by atoms with Gasteiger partial charge in [-0.25, -0.2) is 4.39 Å². The minimum Gasteiger partial charge on any atom is -0.329 e. The lowest BCUT2D eigenvalue weighted by Crippen LogP contribution is -2.50. The molecule has 1 unspecified atom stereocenters. The van der Waals surface area contributed by atoms with Crippen LogP contribution in [0, 0.1) is 12.7 Å². The molecular formula is C12H17FN2. The third-order valence-electron chi connectivity index (χ3n) is 3.22. The first-order valence-corrected chi connectivity index (χ1v) is 5.40. The molecule has 1 fully saturated rings. The zero-order chi connectivity index (χ0) is 10.8. The van der Waals surface area contributed by atoms with Gasteiger partial charge in [0.2, 0.25) is 0 Å². The third kappa shape index (κ3) is 2.19. The second-order valence-corrected chi connectivity index (χ2v) is 4.22. The number of likely N-dealkylation sites (tertiary alicyclic amines) is 1. The van der Waals surface area contributed by atoms with Gasteiger partial charge in [0.1, 0.15) is 5.82 Å². The second kappa shape index (κ2) is 4.29. The molecule has 0 aromatic heterocycles. The summed E-state index contributed by atoms with van der Waals surface area (Å²) in [7, 11) is 0. The predicted octanol–water partition coefficient (Wildman–Crippen LogP) is 1.67. The largest absolute Gasteiger partial charge is 0.329 e. The van der Waals surface area contributed by atoms with Gasteiger partial charge in [0.25, 0.3) is 0 Å². The van der Waals surface area contributed by atoms with Crippen LogP contribution in [0.2, 0.25) is 0 Å². The SMILES string of the molecule is Cc1cc(F)ccc1CN1CCC1CN. The highest BCUT2D eigenvalue weighted by atomic mass is 19.1. The van der Waals surface area contributed by atoms with Gasteiger partial charge in [-0.1, -0.05) is 6.07 Å². The third-order valence-corrected chi connectivity index (χ3v) is 3.22. The Kier molecular flexibility index (Phi) is 3.03. The number of nitrogens with two attached hydrogens (primary N) is 1. The summed E-state index contributed by atoms with van der Waals surface area (Å²) in [6.45, 7) is 4.68. The van der Waals surface area contributed by atoms with E-state index in [4.69, 9.17) is 5.73 Å². The average molecular weight is 208 g/mol. The molecular weight excluding hydrogens is 191 g/mol. The fourth-order valence-corrected chi connectivity index (χ4v) is 2.02. The Labute approximate surface area is 89.9 Å². The van der Waals surface area contributed by atoms with Crippen LogP contribution in [-0.4, -0.2) is 24.0 Å². The van der Waals surface area contributed by atoms with Crippen LogP contribution in [0.25, 0.3) is 0 Å². The van der Waals surface area contributed by atoms with Gasteiger partial charge < -0.3 is 5.73 Å². The molecule has 1 aliphatic heterocycles. The van der Waals surface area contributed by atoms with Crippen LogP contribution in [0.4, 0.5) is 4.39 Å². The van der Waals surface area contributed by atoms with Crippen LogP contribution in [0.3, 0.4) is 0 Å². The van der Waals surface area contributed by atoms with Crippen molar-refractivity contribution in [3.05, 3.63) is 35.1 Å². The molecule has 15 heavy (non-hydrogen) atoms. The van der Waals surface area contributed by atoms with Gasteiger partial charge in [-0.15, -0.1) is 0 Å². The van der Waals surface area contributed by atoms with E-state index in [0.717, 1.165) is 25.2 Å². The van der Waals surface area contributed by atoms with E-state index < -0.39 is 0 Å². The summed E-state index contributed by atoms with van der Waals surface area (Å²) in [6.07, 6.45) is 1.19. The normalized spacial score (nSPS) is 21.4. The first-order valence-electron chi connectivity index (χ1n) is 5.40. The number of hydrogen-bond donors (Lipinski definition) is 1. The van der Waals surface area contributed by atoms with Gasteiger partial charge in [-0.3, -0.25) is 4.90 Å². The Balaban J connectivity index is 2.04. The van der Waals surface area contributed by atoms with Gasteiger partial charge >= 0.3 is 0 Å². The Morgan fingerprint density at radius 2 is 2.33 bits per heavy atom. The molecule has 1 aromatic rings.